The first kappa shape index (κ1) is 25.0. The number of quaternary nitrogens is 1. The van der Waals surface area contributed by atoms with Gasteiger partial charge in [-0.1, -0.05) is 39.0 Å². The minimum atomic E-state index is -4.30. The topological polar surface area (TPSA) is 77.1 Å². The number of hydrogen-bond donors (Lipinski definition) is 0. The monoisotopic (exact) mass is 383 g/mol. The van der Waals surface area contributed by atoms with Crippen molar-refractivity contribution in [1.29, 1.82) is 0 Å². The van der Waals surface area contributed by atoms with Crippen molar-refractivity contribution in [2.75, 3.05) is 61.2 Å². The van der Waals surface area contributed by atoms with Crippen molar-refractivity contribution in [3.63, 3.8) is 0 Å². The molecule has 0 saturated carbocycles. The molecule has 8 heteroatoms. The number of rotatable bonds is 17. The zero-order chi connectivity index (χ0) is 19.2. The van der Waals surface area contributed by atoms with Crippen molar-refractivity contribution >= 4 is 7.82 Å². The number of phosphoric acid groups is 1. The Balaban J connectivity index is 3.80. The third-order valence-electron chi connectivity index (χ3n) is 3.71. The summed E-state index contributed by atoms with van der Waals surface area (Å²) in [5, 5.41) is 0. The number of likely N-dealkylation sites (N-methyl/N-ethyl adjacent to an activating group) is 1. The van der Waals surface area contributed by atoms with Crippen LogP contribution in [0.5, 0.6) is 0 Å². The van der Waals surface area contributed by atoms with Crippen LogP contribution in [0.1, 0.15) is 45.4 Å². The van der Waals surface area contributed by atoms with Crippen molar-refractivity contribution in [2.45, 2.75) is 51.6 Å². The summed E-state index contributed by atoms with van der Waals surface area (Å²) >= 11 is 0. The number of unbranched alkanes of at least 4 members (excludes halogenated alkanes) is 5. The van der Waals surface area contributed by atoms with E-state index in [4.69, 9.17) is 18.5 Å². The van der Waals surface area contributed by atoms with Gasteiger partial charge in [-0.05, 0) is 6.42 Å². The number of methoxy groups -OCH3 is 1. The molecule has 0 saturated heterocycles. The van der Waals surface area contributed by atoms with Crippen LogP contribution in [0.25, 0.3) is 0 Å². The zero-order valence-electron chi connectivity index (χ0n) is 16.7. The van der Waals surface area contributed by atoms with Crippen LogP contribution in [0.3, 0.4) is 0 Å². The number of ether oxygens (including phenoxy) is 2. The summed E-state index contributed by atoms with van der Waals surface area (Å²) in [6.45, 7) is 3.73. The van der Waals surface area contributed by atoms with Gasteiger partial charge in [-0.25, -0.2) is 0 Å². The Hall–Kier alpha value is -0.0100. The molecule has 7 nitrogen and oxygen atoms in total. The lowest BCUT2D eigenvalue weighted by atomic mass is 10.1. The van der Waals surface area contributed by atoms with Gasteiger partial charge in [-0.2, -0.15) is 0 Å². The number of phosphoric ester groups is 1. The van der Waals surface area contributed by atoms with E-state index in [1.165, 1.54) is 32.8 Å². The van der Waals surface area contributed by atoms with Gasteiger partial charge in [0.2, 0.25) is 0 Å². The molecule has 0 heterocycles. The maximum absolute atomic E-state index is 11.7. The second kappa shape index (κ2) is 14.1. The summed E-state index contributed by atoms with van der Waals surface area (Å²) in [6.07, 6.45) is 6.78. The molecule has 0 aromatic heterocycles. The summed E-state index contributed by atoms with van der Waals surface area (Å²) in [4.78, 5) is 11.7. The van der Waals surface area contributed by atoms with E-state index in [0.717, 1.165) is 12.8 Å². The van der Waals surface area contributed by atoms with Crippen LogP contribution < -0.4 is 4.89 Å². The van der Waals surface area contributed by atoms with Crippen molar-refractivity contribution < 1.29 is 32.5 Å². The minimum Gasteiger partial charge on any atom is -0.756 e. The maximum Gasteiger partial charge on any atom is 0.268 e. The molecule has 2 atom stereocenters. The number of nitrogens with zero attached hydrogens (tertiary/aromatic N) is 1. The molecule has 0 aromatic carbocycles. The molecule has 0 aliphatic rings. The molecule has 0 bridgehead atoms. The van der Waals surface area contributed by atoms with Gasteiger partial charge in [0, 0.05) is 13.7 Å². The van der Waals surface area contributed by atoms with Crippen LogP contribution in [-0.2, 0) is 23.1 Å². The molecular formula is C17H38NO6P. The van der Waals surface area contributed by atoms with Crippen LogP contribution in [0.15, 0.2) is 0 Å². The average Bonchev–Trinajstić information content (AvgIpc) is 2.51. The zero-order valence-corrected chi connectivity index (χ0v) is 17.6. The first-order valence-corrected chi connectivity index (χ1v) is 10.7. The van der Waals surface area contributed by atoms with Gasteiger partial charge in [0.1, 0.15) is 19.3 Å². The Morgan fingerprint density at radius 3 is 2.20 bits per heavy atom. The Labute approximate surface area is 153 Å². The smallest absolute Gasteiger partial charge is 0.268 e. The van der Waals surface area contributed by atoms with Gasteiger partial charge < -0.3 is 27.9 Å². The highest BCUT2D eigenvalue weighted by Crippen LogP contribution is 2.38. The third kappa shape index (κ3) is 17.2. The summed E-state index contributed by atoms with van der Waals surface area (Å²) < 4.78 is 32.8. The summed E-state index contributed by atoms with van der Waals surface area (Å²) in [5.74, 6) is 0. The SMILES string of the molecule is CCCCCCCCOCC(COP(=O)([O-])OCC[N+](C)(C)C)OC. The van der Waals surface area contributed by atoms with Crippen LogP contribution in [0, 0.1) is 0 Å². The normalized spacial score (nSPS) is 15.9. The molecule has 0 spiro atoms. The van der Waals surface area contributed by atoms with Crippen LogP contribution in [0.4, 0.5) is 0 Å². The van der Waals surface area contributed by atoms with Crippen molar-refractivity contribution in [2.24, 2.45) is 0 Å². The molecular weight excluding hydrogens is 345 g/mol. The molecule has 0 fully saturated rings. The molecule has 0 radical (unpaired) electrons. The molecule has 2 unspecified atom stereocenters. The standard InChI is InChI=1S/C17H38NO6P/c1-6-7-8-9-10-11-13-22-15-17(21-5)16-24-25(19,20)23-14-12-18(2,3)4/h17H,6-16H2,1-5H3. The highest BCUT2D eigenvalue weighted by molar-refractivity contribution is 7.45. The van der Waals surface area contributed by atoms with Crippen molar-refractivity contribution in [3.05, 3.63) is 0 Å². The highest BCUT2D eigenvalue weighted by Gasteiger charge is 2.16. The molecule has 0 aliphatic heterocycles. The lowest BCUT2D eigenvalue weighted by Gasteiger charge is -2.28. The summed E-state index contributed by atoms with van der Waals surface area (Å²) in [6, 6.07) is 0. The predicted molar refractivity (Wildman–Crippen MR) is 97.4 cm³/mol. The molecule has 0 rings (SSSR count). The Morgan fingerprint density at radius 1 is 0.960 bits per heavy atom. The minimum absolute atomic E-state index is 0.0937. The average molecular weight is 383 g/mol. The van der Waals surface area contributed by atoms with E-state index in [1.807, 2.05) is 21.1 Å². The second-order valence-electron chi connectivity index (χ2n) is 7.29. The molecule has 0 amide bonds. The largest absolute Gasteiger partial charge is 0.756 e. The summed E-state index contributed by atoms with van der Waals surface area (Å²) in [7, 11) is 3.09. The fourth-order valence-electron chi connectivity index (χ4n) is 2.02. The highest BCUT2D eigenvalue weighted by atomic mass is 31.2. The predicted octanol–water partition coefficient (Wildman–Crippen LogP) is 2.59. The van der Waals surface area contributed by atoms with Crippen LogP contribution in [-0.4, -0.2) is 71.8 Å². The van der Waals surface area contributed by atoms with Gasteiger partial charge in [0.15, 0.2) is 0 Å². The second-order valence-corrected chi connectivity index (χ2v) is 8.70. The number of hydrogen-bond acceptors (Lipinski definition) is 6. The third-order valence-corrected chi connectivity index (χ3v) is 4.67. The quantitative estimate of drug-likeness (QED) is 0.218. The van der Waals surface area contributed by atoms with Crippen LogP contribution in [0.2, 0.25) is 0 Å². The lowest BCUT2D eigenvalue weighted by molar-refractivity contribution is -0.870. The van der Waals surface area contributed by atoms with E-state index in [2.05, 4.69) is 6.92 Å². The molecule has 152 valence electrons. The van der Waals surface area contributed by atoms with Gasteiger partial charge >= 0.3 is 0 Å². The van der Waals surface area contributed by atoms with Gasteiger partial charge in [0.05, 0.1) is 34.4 Å². The van der Waals surface area contributed by atoms with E-state index in [0.29, 0.717) is 24.2 Å². The first-order valence-electron chi connectivity index (χ1n) is 9.21. The van der Waals surface area contributed by atoms with E-state index in [-0.39, 0.29) is 13.2 Å². The van der Waals surface area contributed by atoms with Gasteiger partial charge in [0.25, 0.3) is 7.82 Å². The van der Waals surface area contributed by atoms with Gasteiger partial charge in [-0.15, -0.1) is 0 Å². The molecule has 0 aromatic rings. The maximum atomic E-state index is 11.7. The van der Waals surface area contributed by atoms with Crippen molar-refractivity contribution in [1.82, 2.24) is 0 Å². The molecule has 0 aliphatic carbocycles. The van der Waals surface area contributed by atoms with E-state index < -0.39 is 13.9 Å². The lowest BCUT2D eigenvalue weighted by Crippen LogP contribution is -2.37. The van der Waals surface area contributed by atoms with Crippen LogP contribution >= 0.6 is 7.82 Å². The Kier molecular flexibility index (Phi) is 14.1. The van der Waals surface area contributed by atoms with Gasteiger partial charge in [-0.3, -0.25) is 4.57 Å². The first-order chi connectivity index (χ1) is 11.7. The fraction of sp³-hybridized carbons (Fsp3) is 1.00. The Bertz CT molecular complexity index is 362. The van der Waals surface area contributed by atoms with E-state index in [9.17, 15) is 9.46 Å². The Morgan fingerprint density at radius 2 is 1.60 bits per heavy atom. The van der Waals surface area contributed by atoms with Crippen molar-refractivity contribution in [3.8, 4) is 0 Å². The summed E-state index contributed by atoms with van der Waals surface area (Å²) in [5.41, 5.74) is 0. The van der Waals surface area contributed by atoms with E-state index >= 15 is 0 Å². The molecule has 25 heavy (non-hydrogen) atoms. The van der Waals surface area contributed by atoms with E-state index in [1.54, 1.807) is 0 Å². The molecule has 0 N–H and O–H groups in total. The fourth-order valence-corrected chi connectivity index (χ4v) is 2.75.